The Labute approximate surface area is 170 Å². The van der Waals surface area contributed by atoms with Gasteiger partial charge in [-0.25, -0.2) is 4.98 Å². The van der Waals surface area contributed by atoms with E-state index in [9.17, 15) is 4.79 Å². The number of rotatable bonds is 7. The third-order valence-electron chi connectivity index (χ3n) is 4.61. The zero-order chi connectivity index (χ0) is 20.1. The first kappa shape index (κ1) is 20.0. The molecule has 0 bridgehead atoms. The maximum atomic E-state index is 12.4. The molecule has 0 aliphatic heterocycles. The van der Waals surface area contributed by atoms with Crippen LogP contribution < -0.4 is 10.1 Å². The van der Waals surface area contributed by atoms with E-state index in [0.29, 0.717) is 13.1 Å². The van der Waals surface area contributed by atoms with Crippen molar-refractivity contribution in [3.05, 3.63) is 64.7 Å². The lowest BCUT2D eigenvalue weighted by molar-refractivity contribution is -0.117. The van der Waals surface area contributed by atoms with Crippen molar-refractivity contribution in [3.63, 3.8) is 0 Å². The van der Waals surface area contributed by atoms with Crippen molar-refractivity contribution in [2.24, 2.45) is 0 Å². The van der Waals surface area contributed by atoms with Crippen LogP contribution in [0.3, 0.4) is 0 Å². The van der Waals surface area contributed by atoms with E-state index in [0.717, 1.165) is 38.8 Å². The summed E-state index contributed by atoms with van der Waals surface area (Å²) in [6, 6.07) is 13.8. The Bertz CT molecular complexity index is 968. The number of anilines is 1. The van der Waals surface area contributed by atoms with Crippen LogP contribution in [0, 0.1) is 13.8 Å². The number of likely N-dealkylation sites (N-methyl/N-ethyl adjacent to an activating group) is 1. The molecule has 6 heteroatoms. The molecular weight excluding hydrogens is 370 g/mol. The van der Waals surface area contributed by atoms with Crippen molar-refractivity contribution in [3.8, 4) is 16.3 Å². The third-order valence-corrected chi connectivity index (χ3v) is 5.54. The first-order valence-electron chi connectivity index (χ1n) is 9.10. The van der Waals surface area contributed by atoms with Crippen molar-refractivity contribution in [1.29, 1.82) is 0 Å². The third kappa shape index (κ3) is 4.77. The summed E-state index contributed by atoms with van der Waals surface area (Å²) in [5.41, 5.74) is 5.05. The van der Waals surface area contributed by atoms with Gasteiger partial charge in [0.2, 0.25) is 5.91 Å². The van der Waals surface area contributed by atoms with Gasteiger partial charge in [-0.15, -0.1) is 11.3 Å². The van der Waals surface area contributed by atoms with Gasteiger partial charge in [0.25, 0.3) is 0 Å². The lowest BCUT2D eigenvalue weighted by Gasteiger charge is -2.16. The molecule has 0 radical (unpaired) electrons. The number of thiazole rings is 1. The van der Waals surface area contributed by atoms with Crippen LogP contribution in [0.4, 0.5) is 5.69 Å². The number of aryl methyl sites for hydroxylation is 1. The Morgan fingerprint density at radius 2 is 1.96 bits per heavy atom. The predicted octanol–water partition coefficient (Wildman–Crippen LogP) is 4.51. The lowest BCUT2D eigenvalue weighted by atomic mass is 10.1. The SMILES string of the molecule is COc1ccccc1-c1nc(CN(C)CC(=O)Nc2cccc(C)c2C)cs1. The number of nitrogens with zero attached hydrogens (tertiary/aromatic N) is 2. The molecule has 1 amide bonds. The quantitative estimate of drug-likeness (QED) is 0.640. The molecule has 0 saturated heterocycles. The molecular formula is C22H25N3O2S. The highest BCUT2D eigenvalue weighted by molar-refractivity contribution is 7.13. The number of ether oxygens (including phenoxy) is 1. The van der Waals surface area contributed by atoms with E-state index >= 15 is 0 Å². The number of hydrogen-bond donors (Lipinski definition) is 1. The van der Waals surface area contributed by atoms with Crippen molar-refractivity contribution in [1.82, 2.24) is 9.88 Å². The molecule has 3 rings (SSSR count). The van der Waals surface area contributed by atoms with Gasteiger partial charge in [0, 0.05) is 17.6 Å². The Morgan fingerprint density at radius 1 is 1.18 bits per heavy atom. The molecule has 1 N–H and O–H groups in total. The number of aromatic nitrogens is 1. The lowest BCUT2D eigenvalue weighted by Crippen LogP contribution is -2.30. The molecule has 146 valence electrons. The fourth-order valence-electron chi connectivity index (χ4n) is 2.98. The fraction of sp³-hybridized carbons (Fsp3) is 0.273. The predicted molar refractivity (Wildman–Crippen MR) is 115 cm³/mol. The number of nitrogens with one attached hydrogen (secondary N) is 1. The largest absolute Gasteiger partial charge is 0.496 e. The molecule has 28 heavy (non-hydrogen) atoms. The van der Waals surface area contributed by atoms with Crippen LogP contribution in [0.2, 0.25) is 0 Å². The fourth-order valence-corrected chi connectivity index (χ4v) is 3.82. The minimum Gasteiger partial charge on any atom is -0.496 e. The summed E-state index contributed by atoms with van der Waals surface area (Å²) in [5, 5.41) is 5.94. The van der Waals surface area contributed by atoms with E-state index in [1.165, 1.54) is 0 Å². The van der Waals surface area contributed by atoms with Gasteiger partial charge in [-0.3, -0.25) is 9.69 Å². The highest BCUT2D eigenvalue weighted by Gasteiger charge is 2.13. The van der Waals surface area contributed by atoms with Crippen LogP contribution in [0.5, 0.6) is 5.75 Å². The molecule has 0 unspecified atom stereocenters. The standard InChI is InChI=1S/C22H25N3O2S/c1-15-8-7-10-19(16(15)2)24-21(26)13-25(3)12-17-14-28-22(23-17)18-9-5-6-11-20(18)27-4/h5-11,14H,12-13H2,1-4H3,(H,24,26). The summed E-state index contributed by atoms with van der Waals surface area (Å²) < 4.78 is 5.42. The molecule has 0 aliphatic rings. The molecule has 0 aliphatic carbocycles. The molecule has 0 fully saturated rings. The Balaban J connectivity index is 1.61. The minimum absolute atomic E-state index is 0.0311. The Hall–Kier alpha value is -2.70. The van der Waals surface area contributed by atoms with E-state index < -0.39 is 0 Å². The number of methoxy groups -OCH3 is 1. The summed E-state index contributed by atoms with van der Waals surface area (Å²) in [4.78, 5) is 19.1. The monoisotopic (exact) mass is 395 g/mol. The normalized spacial score (nSPS) is 10.9. The van der Waals surface area contributed by atoms with E-state index in [-0.39, 0.29) is 5.91 Å². The molecule has 0 saturated carbocycles. The molecule has 0 atom stereocenters. The Kier molecular flexibility index (Phi) is 6.44. The van der Waals surface area contributed by atoms with Crippen LogP contribution in [0.25, 0.3) is 10.6 Å². The van der Waals surface area contributed by atoms with Crippen LogP contribution >= 0.6 is 11.3 Å². The molecule has 2 aromatic carbocycles. The van der Waals surface area contributed by atoms with E-state index in [1.54, 1.807) is 18.4 Å². The highest BCUT2D eigenvalue weighted by atomic mass is 32.1. The van der Waals surface area contributed by atoms with Crippen molar-refractivity contribution < 1.29 is 9.53 Å². The van der Waals surface area contributed by atoms with Crippen molar-refractivity contribution >= 4 is 22.9 Å². The average molecular weight is 396 g/mol. The van der Waals surface area contributed by atoms with E-state index in [2.05, 4.69) is 5.32 Å². The number of para-hydroxylation sites is 1. The first-order chi connectivity index (χ1) is 13.5. The van der Waals surface area contributed by atoms with Gasteiger partial charge < -0.3 is 10.1 Å². The van der Waals surface area contributed by atoms with Crippen LogP contribution in [-0.4, -0.2) is 36.5 Å². The van der Waals surface area contributed by atoms with Crippen LogP contribution in [-0.2, 0) is 11.3 Å². The second-order valence-corrected chi connectivity index (χ2v) is 7.67. The average Bonchev–Trinajstić information content (AvgIpc) is 3.13. The van der Waals surface area contributed by atoms with Gasteiger partial charge in [-0.2, -0.15) is 0 Å². The topological polar surface area (TPSA) is 54.5 Å². The second kappa shape index (κ2) is 8.99. The zero-order valence-electron chi connectivity index (χ0n) is 16.7. The van der Waals surface area contributed by atoms with Gasteiger partial charge in [-0.1, -0.05) is 24.3 Å². The smallest absolute Gasteiger partial charge is 0.238 e. The van der Waals surface area contributed by atoms with Gasteiger partial charge >= 0.3 is 0 Å². The molecule has 1 aromatic heterocycles. The molecule has 1 heterocycles. The number of carbonyl (C=O) groups excluding carboxylic acids is 1. The summed E-state index contributed by atoms with van der Waals surface area (Å²) in [5.74, 6) is 0.779. The van der Waals surface area contributed by atoms with Gasteiger partial charge in [0.15, 0.2) is 0 Å². The minimum atomic E-state index is -0.0311. The summed E-state index contributed by atoms with van der Waals surface area (Å²) >= 11 is 1.58. The first-order valence-corrected chi connectivity index (χ1v) is 9.98. The highest BCUT2D eigenvalue weighted by Crippen LogP contribution is 2.32. The number of carbonyl (C=O) groups is 1. The van der Waals surface area contributed by atoms with Gasteiger partial charge in [0.1, 0.15) is 10.8 Å². The second-order valence-electron chi connectivity index (χ2n) is 6.81. The van der Waals surface area contributed by atoms with E-state index in [4.69, 9.17) is 9.72 Å². The van der Waals surface area contributed by atoms with Gasteiger partial charge in [0.05, 0.1) is 24.9 Å². The van der Waals surface area contributed by atoms with E-state index in [1.807, 2.05) is 73.6 Å². The number of benzene rings is 2. The van der Waals surface area contributed by atoms with Crippen LogP contribution in [0.1, 0.15) is 16.8 Å². The van der Waals surface area contributed by atoms with Crippen molar-refractivity contribution in [2.45, 2.75) is 20.4 Å². The summed E-state index contributed by atoms with van der Waals surface area (Å²) in [6.07, 6.45) is 0. The van der Waals surface area contributed by atoms with Crippen molar-refractivity contribution in [2.75, 3.05) is 26.0 Å². The summed E-state index contributed by atoms with van der Waals surface area (Å²) in [6.45, 7) is 4.96. The maximum absolute atomic E-state index is 12.4. The number of hydrogen-bond acceptors (Lipinski definition) is 5. The Morgan fingerprint density at radius 3 is 2.75 bits per heavy atom. The molecule has 3 aromatic rings. The summed E-state index contributed by atoms with van der Waals surface area (Å²) in [7, 11) is 3.58. The molecule has 0 spiro atoms. The maximum Gasteiger partial charge on any atom is 0.238 e. The van der Waals surface area contributed by atoms with Gasteiger partial charge in [-0.05, 0) is 50.2 Å². The van der Waals surface area contributed by atoms with Crippen LogP contribution in [0.15, 0.2) is 47.8 Å². The molecule has 5 nitrogen and oxygen atoms in total. The zero-order valence-corrected chi connectivity index (χ0v) is 17.5. The number of amides is 1.